The van der Waals surface area contributed by atoms with Gasteiger partial charge >= 0.3 is 6.18 Å². The van der Waals surface area contributed by atoms with Gasteiger partial charge in [-0.1, -0.05) is 12.1 Å². The number of rotatable bonds is 5. The van der Waals surface area contributed by atoms with Gasteiger partial charge in [0.05, 0.1) is 5.56 Å². The molecule has 0 amide bonds. The Labute approximate surface area is 181 Å². The predicted molar refractivity (Wildman–Crippen MR) is 112 cm³/mol. The van der Waals surface area contributed by atoms with Gasteiger partial charge in [0.25, 0.3) is 0 Å². The Morgan fingerprint density at radius 3 is 2.66 bits per heavy atom. The highest BCUT2D eigenvalue weighted by molar-refractivity contribution is 14.0. The monoisotopic (exact) mass is 522 g/mol. The lowest BCUT2D eigenvalue weighted by Gasteiger charge is -2.15. The van der Waals surface area contributed by atoms with E-state index in [9.17, 15) is 17.6 Å². The third-order valence-corrected chi connectivity index (χ3v) is 4.07. The number of nitrogens with zero attached hydrogens (tertiary/aromatic N) is 4. The van der Waals surface area contributed by atoms with Crippen molar-refractivity contribution in [3.05, 3.63) is 65.4 Å². The second-order valence-corrected chi connectivity index (χ2v) is 5.95. The molecule has 2 N–H and O–H groups in total. The zero-order chi connectivity index (χ0) is 20.1. The minimum absolute atomic E-state index is 0. The summed E-state index contributed by atoms with van der Waals surface area (Å²) in [5.41, 5.74) is -0.346. The van der Waals surface area contributed by atoms with Crippen molar-refractivity contribution >= 4 is 35.6 Å². The fraction of sp³-hybridized carbons (Fsp3) is 0.278. The molecule has 0 fully saturated rings. The molecule has 0 bridgehead atoms. The fourth-order valence-corrected chi connectivity index (χ4v) is 2.72. The van der Waals surface area contributed by atoms with Crippen molar-refractivity contribution in [2.75, 3.05) is 13.6 Å². The summed E-state index contributed by atoms with van der Waals surface area (Å²) in [6, 6.07) is 8.17. The van der Waals surface area contributed by atoms with Crippen molar-refractivity contribution in [3.8, 4) is 0 Å². The van der Waals surface area contributed by atoms with Crippen LogP contribution in [0.3, 0.4) is 0 Å². The molecule has 0 aliphatic carbocycles. The minimum atomic E-state index is -4.63. The fourth-order valence-electron chi connectivity index (χ4n) is 2.72. The molecule has 0 spiro atoms. The minimum Gasteiger partial charge on any atom is -0.356 e. The predicted octanol–water partition coefficient (Wildman–Crippen LogP) is 3.41. The molecule has 0 saturated heterocycles. The smallest absolute Gasteiger partial charge is 0.356 e. The van der Waals surface area contributed by atoms with Gasteiger partial charge in [-0.3, -0.25) is 9.39 Å². The van der Waals surface area contributed by atoms with Crippen LogP contribution in [-0.2, 0) is 19.1 Å². The Morgan fingerprint density at radius 2 is 1.93 bits per heavy atom. The Balaban J connectivity index is 0.00000300. The Morgan fingerprint density at radius 1 is 1.14 bits per heavy atom. The topological polar surface area (TPSA) is 66.6 Å². The number of halogens is 5. The molecule has 6 nitrogen and oxygen atoms in total. The van der Waals surface area contributed by atoms with Crippen LogP contribution in [0.1, 0.15) is 17.0 Å². The third kappa shape index (κ3) is 5.78. The van der Waals surface area contributed by atoms with E-state index in [1.807, 2.05) is 28.8 Å². The molecule has 3 rings (SSSR count). The highest BCUT2D eigenvalue weighted by atomic mass is 127. The maximum Gasteiger partial charge on any atom is 0.416 e. The molecule has 29 heavy (non-hydrogen) atoms. The first-order chi connectivity index (χ1) is 13.4. The third-order valence-electron chi connectivity index (χ3n) is 4.07. The summed E-state index contributed by atoms with van der Waals surface area (Å²) < 4.78 is 54.2. The van der Waals surface area contributed by atoms with Crippen LogP contribution in [-0.4, -0.2) is 34.2 Å². The van der Waals surface area contributed by atoms with Crippen LogP contribution in [0.4, 0.5) is 17.6 Å². The van der Waals surface area contributed by atoms with Gasteiger partial charge in [0.1, 0.15) is 11.6 Å². The van der Waals surface area contributed by atoms with Crippen molar-refractivity contribution in [1.29, 1.82) is 0 Å². The van der Waals surface area contributed by atoms with Crippen molar-refractivity contribution in [1.82, 2.24) is 25.2 Å². The molecule has 0 aliphatic heterocycles. The van der Waals surface area contributed by atoms with Crippen molar-refractivity contribution in [2.45, 2.75) is 19.1 Å². The summed E-state index contributed by atoms with van der Waals surface area (Å²) in [5, 5.41) is 14.0. The van der Waals surface area contributed by atoms with E-state index >= 15 is 0 Å². The lowest BCUT2D eigenvalue weighted by atomic mass is 10.1. The van der Waals surface area contributed by atoms with Gasteiger partial charge in [-0.15, -0.1) is 34.2 Å². The van der Waals surface area contributed by atoms with E-state index in [2.05, 4.69) is 25.8 Å². The first-order valence-electron chi connectivity index (χ1n) is 8.47. The normalized spacial score (nSPS) is 12.0. The summed E-state index contributed by atoms with van der Waals surface area (Å²) in [7, 11) is 1.51. The lowest BCUT2D eigenvalue weighted by molar-refractivity contribution is -0.138. The number of fused-ring (bicyclic) bond motifs is 1. The second-order valence-electron chi connectivity index (χ2n) is 5.95. The van der Waals surface area contributed by atoms with Gasteiger partial charge in [-0.2, -0.15) is 13.2 Å². The lowest BCUT2D eigenvalue weighted by Crippen LogP contribution is -2.38. The largest absolute Gasteiger partial charge is 0.416 e. The van der Waals surface area contributed by atoms with Crippen LogP contribution in [0.25, 0.3) is 5.65 Å². The molecule has 0 aliphatic rings. The zero-order valence-corrected chi connectivity index (χ0v) is 17.7. The molecule has 0 unspecified atom stereocenters. The number of hydrogen-bond donors (Lipinski definition) is 2. The van der Waals surface area contributed by atoms with Crippen molar-refractivity contribution < 1.29 is 17.6 Å². The molecule has 0 saturated carbocycles. The van der Waals surface area contributed by atoms with Crippen LogP contribution >= 0.6 is 24.0 Å². The van der Waals surface area contributed by atoms with E-state index in [1.165, 1.54) is 7.05 Å². The van der Waals surface area contributed by atoms with Crippen molar-refractivity contribution in [2.24, 2.45) is 4.99 Å². The van der Waals surface area contributed by atoms with Gasteiger partial charge < -0.3 is 10.6 Å². The molecule has 11 heteroatoms. The van der Waals surface area contributed by atoms with Crippen LogP contribution < -0.4 is 10.6 Å². The number of benzene rings is 1. The van der Waals surface area contributed by atoms with E-state index in [4.69, 9.17) is 0 Å². The molecule has 2 aromatic heterocycles. The molecule has 156 valence electrons. The first-order valence-corrected chi connectivity index (χ1v) is 8.47. The van der Waals surface area contributed by atoms with E-state index < -0.39 is 17.6 Å². The average molecular weight is 522 g/mol. The number of nitrogens with one attached hydrogen (secondary N) is 2. The highest BCUT2D eigenvalue weighted by Crippen LogP contribution is 2.32. The van der Waals surface area contributed by atoms with E-state index in [-0.39, 0.29) is 36.1 Å². The molecule has 2 heterocycles. The Kier molecular flexibility index (Phi) is 7.76. The Hall–Kier alpha value is -2.44. The summed E-state index contributed by atoms with van der Waals surface area (Å²) in [5.74, 6) is 0.141. The van der Waals surface area contributed by atoms with Crippen LogP contribution in [0.2, 0.25) is 0 Å². The number of guanidine groups is 1. The van der Waals surface area contributed by atoms with E-state index in [0.29, 0.717) is 25.0 Å². The van der Waals surface area contributed by atoms with E-state index in [0.717, 1.165) is 23.6 Å². The second kappa shape index (κ2) is 9.85. The van der Waals surface area contributed by atoms with Crippen LogP contribution in [0, 0.1) is 5.82 Å². The summed E-state index contributed by atoms with van der Waals surface area (Å²) in [6.45, 7) is 0.299. The standard InChI is InChI=1S/C18H18F4N6.HI/c1-23-17(24-8-7-16-27-26-15-4-2-3-9-28(15)16)25-11-12-5-6-13(19)10-14(12)18(20,21)22;/h2-6,9-10H,7-8,11H2,1H3,(H2,23,24,25);1H. The molecule has 1 aromatic carbocycles. The maximum absolute atomic E-state index is 13.2. The molecule has 0 atom stereocenters. The summed E-state index contributed by atoms with van der Waals surface area (Å²) in [4.78, 5) is 3.99. The average Bonchev–Trinajstić information content (AvgIpc) is 3.08. The number of aromatic nitrogens is 3. The van der Waals surface area contributed by atoms with Crippen LogP contribution in [0.15, 0.2) is 47.6 Å². The van der Waals surface area contributed by atoms with E-state index in [1.54, 1.807) is 0 Å². The van der Waals surface area contributed by atoms with Gasteiger partial charge in [-0.05, 0) is 29.8 Å². The number of pyridine rings is 1. The molecular weight excluding hydrogens is 503 g/mol. The summed E-state index contributed by atoms with van der Waals surface area (Å²) in [6.07, 6.45) is -2.24. The zero-order valence-electron chi connectivity index (χ0n) is 15.4. The number of hydrogen-bond acceptors (Lipinski definition) is 3. The van der Waals surface area contributed by atoms with Crippen LogP contribution in [0.5, 0.6) is 0 Å². The molecule has 3 aromatic rings. The van der Waals surface area contributed by atoms with Gasteiger partial charge in [-0.25, -0.2) is 4.39 Å². The van der Waals surface area contributed by atoms with Gasteiger partial charge in [0, 0.05) is 32.8 Å². The van der Waals surface area contributed by atoms with Crippen molar-refractivity contribution in [3.63, 3.8) is 0 Å². The number of alkyl halides is 3. The maximum atomic E-state index is 13.2. The van der Waals surface area contributed by atoms with Gasteiger partial charge in [0.15, 0.2) is 11.6 Å². The first kappa shape index (κ1) is 22.8. The van der Waals surface area contributed by atoms with Gasteiger partial charge in [0.2, 0.25) is 0 Å². The summed E-state index contributed by atoms with van der Waals surface area (Å²) >= 11 is 0. The molecule has 0 radical (unpaired) electrons. The highest BCUT2D eigenvalue weighted by Gasteiger charge is 2.33. The number of aliphatic imine (C=N–C) groups is 1. The molecular formula is C18H19F4IN6. The quantitative estimate of drug-likeness (QED) is 0.234. The SMILES string of the molecule is CN=C(NCCc1nnc2ccccn12)NCc1ccc(F)cc1C(F)(F)F.I. The Bertz CT molecular complexity index is 986.